The van der Waals surface area contributed by atoms with Crippen molar-refractivity contribution in [3.8, 4) is 0 Å². The van der Waals surface area contributed by atoms with Crippen LogP contribution >= 0.6 is 12.4 Å². The van der Waals surface area contributed by atoms with E-state index in [0.717, 1.165) is 6.54 Å². The molecule has 1 N–H and O–H groups in total. The summed E-state index contributed by atoms with van der Waals surface area (Å²) in [5, 5.41) is 8.49. The standard InChI is InChI=1S/C6H9NO2.ClH/c1-7-4-2-3-5(7)6(8)9;/h2-3,5H,4H2,1H3,(H,8,9);1H. The van der Waals surface area contributed by atoms with Crippen LogP contribution in [0.5, 0.6) is 0 Å². The van der Waals surface area contributed by atoms with Crippen LogP contribution in [-0.4, -0.2) is 35.6 Å². The molecule has 3 nitrogen and oxygen atoms in total. The highest BCUT2D eigenvalue weighted by Crippen LogP contribution is 2.05. The monoisotopic (exact) mass is 163 g/mol. The van der Waals surface area contributed by atoms with E-state index in [9.17, 15) is 4.79 Å². The predicted molar refractivity (Wildman–Crippen MR) is 40.4 cm³/mol. The first kappa shape index (κ1) is 9.46. The molecule has 1 rings (SSSR count). The number of likely N-dealkylation sites (N-methyl/N-ethyl adjacent to an activating group) is 1. The summed E-state index contributed by atoms with van der Waals surface area (Å²) in [6, 6.07) is -0.398. The van der Waals surface area contributed by atoms with Gasteiger partial charge >= 0.3 is 5.97 Å². The summed E-state index contributed by atoms with van der Waals surface area (Å²) < 4.78 is 0. The van der Waals surface area contributed by atoms with Gasteiger partial charge in [0.05, 0.1) is 0 Å². The summed E-state index contributed by atoms with van der Waals surface area (Å²) in [4.78, 5) is 12.1. The van der Waals surface area contributed by atoms with Gasteiger partial charge in [-0.2, -0.15) is 0 Å². The van der Waals surface area contributed by atoms with Crippen molar-refractivity contribution in [1.82, 2.24) is 4.90 Å². The van der Waals surface area contributed by atoms with Gasteiger partial charge in [-0.3, -0.25) is 9.69 Å². The number of carboxylic acids is 1. The van der Waals surface area contributed by atoms with E-state index >= 15 is 0 Å². The van der Waals surface area contributed by atoms with Crippen molar-refractivity contribution in [1.29, 1.82) is 0 Å². The molecule has 0 amide bonds. The fourth-order valence-corrected chi connectivity index (χ4v) is 0.887. The van der Waals surface area contributed by atoms with Gasteiger partial charge in [0.15, 0.2) is 0 Å². The van der Waals surface area contributed by atoms with Crippen LogP contribution in [0, 0.1) is 0 Å². The maximum atomic E-state index is 10.3. The van der Waals surface area contributed by atoms with Gasteiger partial charge in [-0.1, -0.05) is 12.2 Å². The van der Waals surface area contributed by atoms with E-state index in [1.54, 1.807) is 18.0 Å². The van der Waals surface area contributed by atoms with Gasteiger partial charge in [0.25, 0.3) is 0 Å². The lowest BCUT2D eigenvalue weighted by Gasteiger charge is -2.13. The van der Waals surface area contributed by atoms with Crippen LogP contribution in [0.2, 0.25) is 0 Å². The molecule has 0 saturated heterocycles. The van der Waals surface area contributed by atoms with Crippen molar-refractivity contribution in [2.45, 2.75) is 6.04 Å². The molecule has 0 bridgehead atoms. The summed E-state index contributed by atoms with van der Waals surface area (Å²) in [7, 11) is 1.79. The van der Waals surface area contributed by atoms with Crippen LogP contribution in [0.4, 0.5) is 0 Å². The summed E-state index contributed by atoms with van der Waals surface area (Å²) in [6.07, 6.45) is 3.56. The average Bonchev–Trinajstić information content (AvgIpc) is 2.13. The van der Waals surface area contributed by atoms with Crippen molar-refractivity contribution >= 4 is 18.4 Å². The molecule has 0 spiro atoms. The predicted octanol–water partition coefficient (Wildman–Crippen LogP) is 0.363. The zero-order chi connectivity index (χ0) is 6.85. The van der Waals surface area contributed by atoms with E-state index in [2.05, 4.69) is 0 Å². The molecule has 10 heavy (non-hydrogen) atoms. The number of aliphatic carboxylic acids is 1. The molecule has 0 aromatic heterocycles. The Bertz CT molecular complexity index is 158. The second-order valence-corrected chi connectivity index (χ2v) is 2.15. The van der Waals surface area contributed by atoms with Crippen molar-refractivity contribution in [3.05, 3.63) is 12.2 Å². The van der Waals surface area contributed by atoms with Gasteiger partial charge in [0.1, 0.15) is 6.04 Å². The lowest BCUT2D eigenvalue weighted by Crippen LogP contribution is -2.32. The van der Waals surface area contributed by atoms with Gasteiger partial charge in [-0.25, -0.2) is 0 Å². The quantitative estimate of drug-likeness (QED) is 0.568. The highest BCUT2D eigenvalue weighted by atomic mass is 35.5. The molecule has 1 heterocycles. The smallest absolute Gasteiger partial charge is 0.324 e. The minimum absolute atomic E-state index is 0. The summed E-state index contributed by atoms with van der Waals surface area (Å²) in [6.45, 7) is 0.747. The molecule has 1 aliphatic heterocycles. The van der Waals surface area contributed by atoms with Crippen LogP contribution in [0.1, 0.15) is 0 Å². The number of carbonyl (C=O) groups is 1. The van der Waals surface area contributed by atoms with Crippen molar-refractivity contribution < 1.29 is 9.90 Å². The number of rotatable bonds is 1. The fraction of sp³-hybridized carbons (Fsp3) is 0.500. The van der Waals surface area contributed by atoms with Gasteiger partial charge < -0.3 is 5.11 Å². The Balaban J connectivity index is 0.000000810. The molecule has 1 atom stereocenters. The van der Waals surface area contributed by atoms with Gasteiger partial charge in [-0.15, -0.1) is 12.4 Å². The average molecular weight is 164 g/mol. The van der Waals surface area contributed by atoms with Crippen molar-refractivity contribution in [3.63, 3.8) is 0 Å². The number of carboxylic acid groups (broad SMARTS) is 1. The maximum Gasteiger partial charge on any atom is 0.324 e. The van der Waals surface area contributed by atoms with E-state index in [1.165, 1.54) is 0 Å². The molecule has 58 valence electrons. The summed E-state index contributed by atoms with van der Waals surface area (Å²) in [5.41, 5.74) is 0. The van der Waals surface area contributed by atoms with E-state index in [4.69, 9.17) is 5.11 Å². The lowest BCUT2D eigenvalue weighted by molar-refractivity contribution is -0.140. The van der Waals surface area contributed by atoms with E-state index in [0.29, 0.717) is 0 Å². The number of hydrogen-bond donors (Lipinski definition) is 1. The van der Waals surface area contributed by atoms with Crippen molar-refractivity contribution in [2.24, 2.45) is 0 Å². The molecule has 0 saturated carbocycles. The summed E-state index contributed by atoms with van der Waals surface area (Å²) in [5.74, 6) is -0.772. The maximum absolute atomic E-state index is 10.3. The van der Waals surface area contributed by atoms with E-state index in [-0.39, 0.29) is 12.4 Å². The third kappa shape index (κ3) is 1.72. The Morgan fingerprint density at radius 2 is 2.40 bits per heavy atom. The number of hydrogen-bond acceptors (Lipinski definition) is 2. The first-order valence-electron chi connectivity index (χ1n) is 2.81. The zero-order valence-corrected chi connectivity index (χ0v) is 6.47. The molecule has 0 radical (unpaired) electrons. The van der Waals surface area contributed by atoms with Crippen LogP contribution in [0.3, 0.4) is 0 Å². The molecule has 4 heteroatoms. The second-order valence-electron chi connectivity index (χ2n) is 2.15. The Kier molecular flexibility index (Phi) is 3.39. The second kappa shape index (κ2) is 3.58. The van der Waals surface area contributed by atoms with Crippen LogP contribution < -0.4 is 0 Å². The topological polar surface area (TPSA) is 40.5 Å². The minimum Gasteiger partial charge on any atom is -0.480 e. The molecule has 0 aromatic rings. The SMILES string of the molecule is CN1CC=CC1C(=O)O.Cl. The van der Waals surface area contributed by atoms with E-state index in [1.807, 2.05) is 6.08 Å². The third-order valence-electron chi connectivity index (χ3n) is 1.44. The Hall–Kier alpha value is -0.540. The first-order valence-corrected chi connectivity index (χ1v) is 2.81. The molecule has 0 aliphatic carbocycles. The van der Waals surface area contributed by atoms with Gasteiger partial charge in [0, 0.05) is 6.54 Å². The number of halogens is 1. The van der Waals surface area contributed by atoms with E-state index < -0.39 is 12.0 Å². The molecule has 1 aliphatic rings. The van der Waals surface area contributed by atoms with Crippen molar-refractivity contribution in [2.75, 3.05) is 13.6 Å². The fourth-order valence-electron chi connectivity index (χ4n) is 0.887. The number of nitrogens with zero attached hydrogens (tertiary/aromatic N) is 1. The lowest BCUT2D eigenvalue weighted by atomic mass is 10.3. The molecular weight excluding hydrogens is 154 g/mol. The molecule has 1 unspecified atom stereocenters. The molecular formula is C6H10ClNO2. The van der Waals surface area contributed by atoms with Crippen LogP contribution in [-0.2, 0) is 4.79 Å². The first-order chi connectivity index (χ1) is 4.22. The Morgan fingerprint density at radius 1 is 1.80 bits per heavy atom. The highest BCUT2D eigenvalue weighted by Gasteiger charge is 2.21. The normalized spacial score (nSPS) is 24.3. The van der Waals surface area contributed by atoms with Gasteiger partial charge in [-0.05, 0) is 7.05 Å². The highest BCUT2D eigenvalue weighted by molar-refractivity contribution is 5.85. The molecule has 0 fully saturated rings. The van der Waals surface area contributed by atoms with Crippen LogP contribution in [0.15, 0.2) is 12.2 Å². The largest absolute Gasteiger partial charge is 0.480 e. The Labute approximate surface area is 65.7 Å². The minimum atomic E-state index is -0.772. The third-order valence-corrected chi connectivity index (χ3v) is 1.44. The Morgan fingerprint density at radius 3 is 2.60 bits per heavy atom. The van der Waals surface area contributed by atoms with Crippen LogP contribution in [0.25, 0.3) is 0 Å². The van der Waals surface area contributed by atoms with Gasteiger partial charge in [0.2, 0.25) is 0 Å². The zero-order valence-electron chi connectivity index (χ0n) is 5.65. The molecule has 0 aromatic carbocycles. The summed E-state index contributed by atoms with van der Waals surface area (Å²) >= 11 is 0.